The largest absolute Gasteiger partial charge is 0.417 e. The van der Waals surface area contributed by atoms with Crippen LogP contribution in [0.4, 0.5) is 19.0 Å². The first kappa shape index (κ1) is 15.4. The maximum atomic E-state index is 12.5. The predicted molar refractivity (Wildman–Crippen MR) is 72.6 cm³/mol. The van der Waals surface area contributed by atoms with Crippen LogP contribution in [0.1, 0.15) is 24.8 Å². The zero-order chi connectivity index (χ0) is 14.8. The number of nitrogens with one attached hydrogen (secondary N) is 1. The van der Waals surface area contributed by atoms with Crippen LogP contribution in [0.3, 0.4) is 0 Å². The van der Waals surface area contributed by atoms with Gasteiger partial charge in [0.2, 0.25) is 0 Å². The highest BCUT2D eigenvalue weighted by atomic mass is 35.5. The molecule has 0 saturated heterocycles. The fourth-order valence-corrected chi connectivity index (χ4v) is 2.88. The van der Waals surface area contributed by atoms with Crippen molar-refractivity contribution in [1.29, 1.82) is 0 Å². The molecule has 2 rings (SSSR count). The van der Waals surface area contributed by atoms with Crippen LogP contribution in [0.5, 0.6) is 0 Å². The third-order valence-corrected chi connectivity index (χ3v) is 4.11. The normalized spacial score (nSPS) is 23.1. The summed E-state index contributed by atoms with van der Waals surface area (Å²) in [7, 11) is 0. The van der Waals surface area contributed by atoms with Crippen LogP contribution in [-0.4, -0.2) is 18.1 Å². The number of hydrogen-bond donors (Lipinski definition) is 2. The number of hydrogen-bond acceptors (Lipinski definition) is 3. The van der Waals surface area contributed by atoms with Crippen molar-refractivity contribution in [3.8, 4) is 0 Å². The fourth-order valence-electron chi connectivity index (χ4n) is 2.64. The van der Waals surface area contributed by atoms with Gasteiger partial charge >= 0.3 is 6.18 Å². The van der Waals surface area contributed by atoms with Crippen molar-refractivity contribution in [2.45, 2.75) is 25.4 Å². The summed E-state index contributed by atoms with van der Waals surface area (Å²) in [6.45, 7) is 1.28. The Bertz CT molecular complexity index is 465. The molecule has 1 aliphatic rings. The molecule has 0 aromatic carbocycles. The Kier molecular flexibility index (Phi) is 4.75. The number of anilines is 1. The summed E-state index contributed by atoms with van der Waals surface area (Å²) in [5.41, 5.74) is 4.86. The van der Waals surface area contributed by atoms with E-state index in [1.165, 1.54) is 0 Å². The Morgan fingerprint density at radius 3 is 2.65 bits per heavy atom. The van der Waals surface area contributed by atoms with E-state index in [0.717, 1.165) is 31.5 Å². The minimum Gasteiger partial charge on any atom is -0.369 e. The van der Waals surface area contributed by atoms with Crippen molar-refractivity contribution in [3.63, 3.8) is 0 Å². The van der Waals surface area contributed by atoms with E-state index < -0.39 is 11.7 Å². The molecule has 20 heavy (non-hydrogen) atoms. The van der Waals surface area contributed by atoms with Crippen LogP contribution >= 0.6 is 11.6 Å². The number of alkyl halides is 3. The number of nitrogens with two attached hydrogens (primary N) is 1. The molecule has 0 bridgehead atoms. The topological polar surface area (TPSA) is 50.9 Å². The van der Waals surface area contributed by atoms with Crippen LogP contribution < -0.4 is 11.1 Å². The van der Waals surface area contributed by atoms with Crippen molar-refractivity contribution in [2.24, 2.45) is 17.6 Å². The van der Waals surface area contributed by atoms with Gasteiger partial charge in [-0.15, -0.1) is 0 Å². The van der Waals surface area contributed by atoms with Gasteiger partial charge < -0.3 is 11.1 Å². The van der Waals surface area contributed by atoms with E-state index >= 15 is 0 Å². The third kappa shape index (κ3) is 3.55. The van der Waals surface area contributed by atoms with E-state index in [9.17, 15) is 13.2 Å². The quantitative estimate of drug-likeness (QED) is 0.894. The smallest absolute Gasteiger partial charge is 0.369 e. The maximum absolute atomic E-state index is 12.5. The van der Waals surface area contributed by atoms with E-state index in [2.05, 4.69) is 10.3 Å². The predicted octanol–water partition coefficient (Wildman–Crippen LogP) is 3.54. The molecule has 1 aliphatic carbocycles. The summed E-state index contributed by atoms with van der Waals surface area (Å²) in [4.78, 5) is 3.76. The van der Waals surface area contributed by atoms with E-state index in [0.29, 0.717) is 30.7 Å². The molecule has 0 spiro atoms. The van der Waals surface area contributed by atoms with Gasteiger partial charge in [0.15, 0.2) is 0 Å². The maximum Gasteiger partial charge on any atom is 0.417 e. The van der Waals surface area contributed by atoms with Crippen LogP contribution in [0, 0.1) is 11.8 Å². The van der Waals surface area contributed by atoms with Crippen molar-refractivity contribution in [2.75, 3.05) is 18.4 Å². The Morgan fingerprint density at radius 1 is 1.35 bits per heavy atom. The summed E-state index contributed by atoms with van der Waals surface area (Å²) in [6.07, 6.45) is -0.304. The molecule has 3 nitrogen and oxygen atoms in total. The van der Waals surface area contributed by atoms with Gasteiger partial charge in [-0.05, 0) is 37.3 Å². The molecule has 1 saturated carbocycles. The van der Waals surface area contributed by atoms with Gasteiger partial charge in [-0.2, -0.15) is 13.2 Å². The lowest BCUT2D eigenvalue weighted by molar-refractivity contribution is -0.137. The monoisotopic (exact) mass is 307 g/mol. The number of halogens is 4. The molecule has 2 unspecified atom stereocenters. The second-order valence-electron chi connectivity index (χ2n) is 5.12. The highest BCUT2D eigenvalue weighted by Crippen LogP contribution is 2.34. The van der Waals surface area contributed by atoms with Crippen molar-refractivity contribution in [1.82, 2.24) is 4.98 Å². The molecule has 1 aromatic heterocycles. The van der Waals surface area contributed by atoms with Gasteiger partial charge in [0.1, 0.15) is 5.82 Å². The zero-order valence-corrected chi connectivity index (χ0v) is 11.6. The lowest BCUT2D eigenvalue weighted by Gasteiger charge is -2.19. The summed E-state index contributed by atoms with van der Waals surface area (Å²) >= 11 is 5.84. The lowest BCUT2D eigenvalue weighted by atomic mass is 9.96. The number of nitrogens with zero attached hydrogens (tertiary/aromatic N) is 1. The van der Waals surface area contributed by atoms with E-state index in [4.69, 9.17) is 17.3 Å². The van der Waals surface area contributed by atoms with E-state index in [1.807, 2.05) is 0 Å². The van der Waals surface area contributed by atoms with E-state index in [1.54, 1.807) is 0 Å². The molecule has 0 aliphatic heterocycles. The van der Waals surface area contributed by atoms with Crippen LogP contribution in [-0.2, 0) is 6.18 Å². The van der Waals surface area contributed by atoms with Crippen LogP contribution in [0.25, 0.3) is 0 Å². The highest BCUT2D eigenvalue weighted by molar-refractivity contribution is 6.32. The van der Waals surface area contributed by atoms with Gasteiger partial charge in [-0.25, -0.2) is 4.98 Å². The van der Waals surface area contributed by atoms with Crippen molar-refractivity contribution >= 4 is 17.4 Å². The number of pyridine rings is 1. The second-order valence-corrected chi connectivity index (χ2v) is 5.53. The van der Waals surface area contributed by atoms with Gasteiger partial charge in [-0.1, -0.05) is 18.0 Å². The summed E-state index contributed by atoms with van der Waals surface area (Å²) in [5.74, 6) is 1.19. The molecular formula is C13H17ClF3N3. The molecule has 2 atom stereocenters. The van der Waals surface area contributed by atoms with Gasteiger partial charge in [0.25, 0.3) is 0 Å². The Morgan fingerprint density at radius 2 is 2.05 bits per heavy atom. The van der Waals surface area contributed by atoms with Gasteiger partial charge in [0.05, 0.1) is 10.6 Å². The molecule has 7 heteroatoms. The molecule has 0 radical (unpaired) electrons. The van der Waals surface area contributed by atoms with Crippen molar-refractivity contribution < 1.29 is 13.2 Å². The number of rotatable bonds is 4. The Balaban J connectivity index is 2.00. The van der Waals surface area contributed by atoms with E-state index in [-0.39, 0.29) is 5.02 Å². The molecule has 1 aromatic rings. The van der Waals surface area contributed by atoms with Gasteiger partial charge in [-0.3, -0.25) is 0 Å². The SMILES string of the molecule is NCC1CCCC1CNc1ncc(C(F)(F)F)cc1Cl. The standard InChI is InChI=1S/C13H17ClF3N3/c14-11-4-10(13(15,16)17)7-20-12(11)19-6-9-3-1-2-8(9)5-18/h4,7-9H,1-3,5-6,18H2,(H,19,20). The molecule has 3 N–H and O–H groups in total. The van der Waals surface area contributed by atoms with Crippen LogP contribution in [0.15, 0.2) is 12.3 Å². The minimum atomic E-state index is -4.43. The third-order valence-electron chi connectivity index (χ3n) is 3.82. The number of aromatic nitrogens is 1. The minimum absolute atomic E-state index is 0.0119. The highest BCUT2D eigenvalue weighted by Gasteiger charge is 2.32. The summed E-state index contributed by atoms with van der Waals surface area (Å²) < 4.78 is 37.5. The average Bonchev–Trinajstić information content (AvgIpc) is 2.83. The van der Waals surface area contributed by atoms with Crippen LogP contribution in [0.2, 0.25) is 5.02 Å². The molecule has 112 valence electrons. The first-order valence-electron chi connectivity index (χ1n) is 6.58. The fraction of sp³-hybridized carbons (Fsp3) is 0.615. The molecule has 1 fully saturated rings. The first-order valence-corrected chi connectivity index (χ1v) is 6.96. The Labute approximate surface area is 120 Å². The second kappa shape index (κ2) is 6.18. The molecular weight excluding hydrogens is 291 g/mol. The van der Waals surface area contributed by atoms with Crippen molar-refractivity contribution in [3.05, 3.63) is 22.8 Å². The average molecular weight is 308 g/mol. The lowest BCUT2D eigenvalue weighted by Crippen LogP contribution is -2.24. The Hall–Kier alpha value is -1.01. The summed E-state index contributed by atoms with van der Waals surface area (Å²) in [6, 6.07) is 0.895. The molecule has 0 amide bonds. The molecule has 1 heterocycles. The van der Waals surface area contributed by atoms with Gasteiger partial charge in [0, 0.05) is 12.7 Å². The first-order chi connectivity index (χ1) is 9.41. The zero-order valence-electron chi connectivity index (χ0n) is 10.9. The summed E-state index contributed by atoms with van der Waals surface area (Å²) in [5, 5.41) is 3.02.